The molecular formula is C14H23NO2. The zero-order chi connectivity index (χ0) is 12.9. The van der Waals surface area contributed by atoms with E-state index in [1.807, 2.05) is 45.0 Å². The summed E-state index contributed by atoms with van der Waals surface area (Å²) in [6.07, 6.45) is 1.73. The summed E-state index contributed by atoms with van der Waals surface area (Å²) < 4.78 is 5.56. The van der Waals surface area contributed by atoms with Crippen LogP contribution in [0.2, 0.25) is 0 Å². The van der Waals surface area contributed by atoms with Gasteiger partial charge in [0.15, 0.2) is 0 Å². The van der Waals surface area contributed by atoms with Gasteiger partial charge in [0.05, 0.1) is 6.10 Å². The first-order valence-corrected chi connectivity index (χ1v) is 6.21. The fourth-order valence-electron chi connectivity index (χ4n) is 1.89. The highest BCUT2D eigenvalue weighted by Crippen LogP contribution is 2.27. The van der Waals surface area contributed by atoms with E-state index in [0.29, 0.717) is 6.42 Å². The van der Waals surface area contributed by atoms with E-state index in [0.717, 1.165) is 17.7 Å². The van der Waals surface area contributed by atoms with Gasteiger partial charge >= 0.3 is 0 Å². The molecule has 3 nitrogen and oxygen atoms in total. The molecule has 1 rings (SSSR count). The smallest absolute Gasteiger partial charge is 0.119 e. The zero-order valence-electron chi connectivity index (χ0n) is 10.9. The van der Waals surface area contributed by atoms with Gasteiger partial charge in [-0.1, -0.05) is 25.5 Å². The molecule has 1 aromatic rings. The molecule has 0 fully saturated rings. The predicted molar refractivity (Wildman–Crippen MR) is 70.1 cm³/mol. The Morgan fingerprint density at radius 3 is 2.29 bits per heavy atom. The van der Waals surface area contributed by atoms with Gasteiger partial charge < -0.3 is 15.6 Å². The summed E-state index contributed by atoms with van der Waals surface area (Å²) in [6, 6.07) is 7.54. The summed E-state index contributed by atoms with van der Waals surface area (Å²) in [5.41, 5.74) is 5.61. The van der Waals surface area contributed by atoms with Crippen molar-refractivity contribution in [1.82, 2.24) is 0 Å². The fourth-order valence-corrected chi connectivity index (χ4v) is 1.89. The van der Waals surface area contributed by atoms with Crippen LogP contribution in [0.5, 0.6) is 5.75 Å². The van der Waals surface area contributed by atoms with Crippen LogP contribution in [-0.2, 0) is 5.60 Å². The molecule has 0 saturated carbocycles. The number of rotatable bonds is 6. The molecule has 0 radical (unpaired) electrons. The lowest BCUT2D eigenvalue weighted by Gasteiger charge is -2.26. The van der Waals surface area contributed by atoms with Crippen molar-refractivity contribution >= 4 is 0 Å². The first-order chi connectivity index (χ1) is 8.01. The summed E-state index contributed by atoms with van der Waals surface area (Å²) in [7, 11) is 0. The van der Waals surface area contributed by atoms with E-state index >= 15 is 0 Å². The van der Waals surface area contributed by atoms with E-state index in [4.69, 9.17) is 10.5 Å². The van der Waals surface area contributed by atoms with Crippen LogP contribution in [0.4, 0.5) is 0 Å². The molecule has 0 spiro atoms. The molecule has 1 unspecified atom stereocenters. The molecule has 0 bridgehead atoms. The monoisotopic (exact) mass is 237 g/mol. The highest BCUT2D eigenvalue weighted by molar-refractivity contribution is 5.31. The van der Waals surface area contributed by atoms with Crippen LogP contribution in [-0.4, -0.2) is 17.8 Å². The molecule has 0 aliphatic carbocycles. The molecule has 17 heavy (non-hydrogen) atoms. The minimum Gasteiger partial charge on any atom is -0.491 e. The third-order valence-electron chi connectivity index (χ3n) is 2.76. The molecule has 1 atom stereocenters. The van der Waals surface area contributed by atoms with E-state index in [1.165, 1.54) is 0 Å². The lowest BCUT2D eigenvalue weighted by Crippen LogP contribution is -2.34. The van der Waals surface area contributed by atoms with Crippen molar-refractivity contribution in [2.45, 2.75) is 45.3 Å². The summed E-state index contributed by atoms with van der Waals surface area (Å²) in [5.74, 6) is 0.819. The Morgan fingerprint density at radius 1 is 1.29 bits per heavy atom. The van der Waals surface area contributed by atoms with Gasteiger partial charge in [0.1, 0.15) is 11.4 Å². The second-order valence-corrected chi connectivity index (χ2v) is 4.68. The minimum atomic E-state index is -0.912. The summed E-state index contributed by atoms with van der Waals surface area (Å²) >= 11 is 0. The standard InChI is InChI=1S/C14H23NO2/c1-4-9-14(16,10-15)12-5-7-13(8-6-12)17-11(2)3/h5-8,11,16H,4,9-10,15H2,1-3H3. The fraction of sp³-hybridized carbons (Fsp3) is 0.571. The molecule has 1 aromatic carbocycles. The van der Waals surface area contributed by atoms with Crippen LogP contribution in [0.25, 0.3) is 0 Å². The quantitative estimate of drug-likeness (QED) is 0.799. The average Bonchev–Trinajstić information content (AvgIpc) is 2.29. The number of ether oxygens (including phenoxy) is 1. The van der Waals surface area contributed by atoms with E-state index in [-0.39, 0.29) is 12.6 Å². The first-order valence-electron chi connectivity index (χ1n) is 6.21. The number of benzene rings is 1. The summed E-state index contributed by atoms with van der Waals surface area (Å²) in [4.78, 5) is 0. The minimum absolute atomic E-state index is 0.157. The van der Waals surface area contributed by atoms with Crippen molar-refractivity contribution in [3.05, 3.63) is 29.8 Å². The molecule has 96 valence electrons. The van der Waals surface area contributed by atoms with Gasteiger partial charge in [0.25, 0.3) is 0 Å². The first kappa shape index (κ1) is 14.0. The average molecular weight is 237 g/mol. The van der Waals surface area contributed by atoms with Crippen molar-refractivity contribution < 1.29 is 9.84 Å². The Bertz CT molecular complexity index is 335. The molecule has 0 aliphatic rings. The van der Waals surface area contributed by atoms with Gasteiger partial charge in [-0.3, -0.25) is 0 Å². The van der Waals surface area contributed by atoms with Gasteiger partial charge in [-0.25, -0.2) is 0 Å². The Hall–Kier alpha value is -1.06. The number of hydrogen-bond acceptors (Lipinski definition) is 3. The van der Waals surface area contributed by atoms with Gasteiger partial charge in [-0.05, 0) is 38.0 Å². The normalized spacial score (nSPS) is 14.7. The van der Waals surface area contributed by atoms with E-state index in [2.05, 4.69) is 0 Å². The van der Waals surface area contributed by atoms with Gasteiger partial charge in [0.2, 0.25) is 0 Å². The van der Waals surface area contributed by atoms with E-state index in [9.17, 15) is 5.11 Å². The molecule has 0 aromatic heterocycles. The second kappa shape index (κ2) is 6.03. The van der Waals surface area contributed by atoms with Gasteiger partial charge in [-0.2, -0.15) is 0 Å². The molecule has 3 N–H and O–H groups in total. The Balaban J connectivity index is 2.85. The maximum absolute atomic E-state index is 10.4. The van der Waals surface area contributed by atoms with Crippen LogP contribution in [0.1, 0.15) is 39.2 Å². The van der Waals surface area contributed by atoms with E-state index in [1.54, 1.807) is 0 Å². The van der Waals surface area contributed by atoms with Crippen molar-refractivity contribution in [2.75, 3.05) is 6.54 Å². The second-order valence-electron chi connectivity index (χ2n) is 4.68. The molecule has 0 amide bonds. The zero-order valence-corrected chi connectivity index (χ0v) is 10.9. The molecule has 0 saturated heterocycles. The maximum atomic E-state index is 10.4. The summed E-state index contributed by atoms with van der Waals surface area (Å²) in [6.45, 7) is 6.25. The Kier molecular flexibility index (Phi) is 4.97. The van der Waals surface area contributed by atoms with E-state index < -0.39 is 5.60 Å². The van der Waals surface area contributed by atoms with Crippen LogP contribution in [0, 0.1) is 0 Å². The maximum Gasteiger partial charge on any atom is 0.119 e. The Morgan fingerprint density at radius 2 is 1.88 bits per heavy atom. The largest absolute Gasteiger partial charge is 0.491 e. The predicted octanol–water partition coefficient (Wildman–Crippen LogP) is 2.42. The molecule has 0 heterocycles. The molecule has 0 aliphatic heterocycles. The SMILES string of the molecule is CCCC(O)(CN)c1ccc(OC(C)C)cc1. The topological polar surface area (TPSA) is 55.5 Å². The van der Waals surface area contributed by atoms with Crippen molar-refractivity contribution in [2.24, 2.45) is 5.73 Å². The van der Waals surface area contributed by atoms with Gasteiger partial charge in [0, 0.05) is 6.54 Å². The highest BCUT2D eigenvalue weighted by Gasteiger charge is 2.26. The van der Waals surface area contributed by atoms with Crippen LogP contribution in [0.15, 0.2) is 24.3 Å². The Labute approximate surface area is 104 Å². The third kappa shape index (κ3) is 3.72. The van der Waals surface area contributed by atoms with Crippen molar-refractivity contribution in [1.29, 1.82) is 0 Å². The lowest BCUT2D eigenvalue weighted by atomic mass is 9.89. The lowest BCUT2D eigenvalue weighted by molar-refractivity contribution is 0.0359. The van der Waals surface area contributed by atoms with Gasteiger partial charge in [-0.15, -0.1) is 0 Å². The number of aliphatic hydroxyl groups is 1. The molecular weight excluding hydrogens is 214 g/mol. The van der Waals surface area contributed by atoms with Crippen LogP contribution < -0.4 is 10.5 Å². The van der Waals surface area contributed by atoms with Crippen molar-refractivity contribution in [3.8, 4) is 5.75 Å². The summed E-state index contributed by atoms with van der Waals surface area (Å²) in [5, 5.41) is 10.4. The van der Waals surface area contributed by atoms with Crippen LogP contribution in [0.3, 0.4) is 0 Å². The molecule has 3 heteroatoms. The highest BCUT2D eigenvalue weighted by atomic mass is 16.5. The number of hydrogen-bond donors (Lipinski definition) is 2. The third-order valence-corrected chi connectivity index (χ3v) is 2.76. The van der Waals surface area contributed by atoms with Crippen molar-refractivity contribution in [3.63, 3.8) is 0 Å². The number of nitrogens with two attached hydrogens (primary N) is 1. The van der Waals surface area contributed by atoms with Crippen LogP contribution >= 0.6 is 0 Å².